The van der Waals surface area contributed by atoms with Crippen LogP contribution in [0.25, 0.3) is 0 Å². The molecule has 1 aromatic rings. The van der Waals surface area contributed by atoms with Gasteiger partial charge in [0.15, 0.2) is 0 Å². The van der Waals surface area contributed by atoms with Crippen LogP contribution in [-0.4, -0.2) is 68.3 Å². The van der Waals surface area contributed by atoms with E-state index in [0.29, 0.717) is 11.6 Å². The van der Waals surface area contributed by atoms with Crippen LogP contribution >= 0.6 is 0 Å². The molecule has 20 heavy (non-hydrogen) atoms. The van der Waals surface area contributed by atoms with E-state index in [1.165, 1.54) is 0 Å². The minimum Gasteiger partial charge on any atom is -0.373 e. The summed E-state index contributed by atoms with van der Waals surface area (Å²) in [7, 11) is 3.77. The van der Waals surface area contributed by atoms with Gasteiger partial charge in [-0.2, -0.15) is 0 Å². The molecule has 2 aliphatic rings. The third kappa shape index (κ3) is 2.25. The fraction of sp³-hybridized carbons (Fsp3) is 0.571. The number of carbonyl (C=O) groups excluding carboxylic acids is 1. The number of pyridine rings is 1. The second kappa shape index (κ2) is 5.38. The highest BCUT2D eigenvalue weighted by Crippen LogP contribution is 2.27. The van der Waals surface area contributed by atoms with E-state index in [1.54, 1.807) is 19.3 Å². The highest BCUT2D eigenvalue weighted by atomic mass is 16.5. The minimum absolute atomic E-state index is 0.0998. The van der Waals surface area contributed by atoms with Gasteiger partial charge in [-0.25, -0.2) is 4.98 Å². The molecule has 1 amide bonds. The normalized spacial score (nSPS) is 26.4. The number of morpholine rings is 1. The Hall–Kier alpha value is -1.66. The number of carbonyl (C=O) groups is 1. The highest BCUT2D eigenvalue weighted by molar-refractivity contribution is 5.98. The number of ether oxygens (including phenoxy) is 1. The molecule has 1 N–H and O–H groups in total. The molecule has 0 saturated carbocycles. The molecule has 108 valence electrons. The lowest BCUT2D eigenvalue weighted by Gasteiger charge is -2.33. The summed E-state index contributed by atoms with van der Waals surface area (Å²) in [6.45, 7) is 3.37. The van der Waals surface area contributed by atoms with E-state index in [1.807, 2.05) is 6.07 Å². The van der Waals surface area contributed by atoms with Crippen molar-refractivity contribution in [1.29, 1.82) is 0 Å². The maximum Gasteiger partial charge on any atom is 0.254 e. The van der Waals surface area contributed by atoms with Gasteiger partial charge in [0, 0.05) is 32.9 Å². The summed E-state index contributed by atoms with van der Waals surface area (Å²) in [5.41, 5.74) is 0.622. The Morgan fingerprint density at radius 3 is 3.10 bits per heavy atom. The van der Waals surface area contributed by atoms with Gasteiger partial charge < -0.3 is 15.0 Å². The van der Waals surface area contributed by atoms with Crippen molar-refractivity contribution in [3.8, 4) is 0 Å². The largest absolute Gasteiger partial charge is 0.373 e. The van der Waals surface area contributed by atoms with Gasteiger partial charge >= 0.3 is 0 Å². The van der Waals surface area contributed by atoms with E-state index in [9.17, 15) is 4.79 Å². The lowest BCUT2D eigenvalue weighted by atomic mass is 10.1. The van der Waals surface area contributed by atoms with Crippen LogP contribution in [0.5, 0.6) is 0 Å². The van der Waals surface area contributed by atoms with Crippen molar-refractivity contribution < 1.29 is 9.53 Å². The van der Waals surface area contributed by atoms with Crippen molar-refractivity contribution in [2.75, 3.05) is 45.2 Å². The third-order valence-electron chi connectivity index (χ3n) is 4.14. The fourth-order valence-electron chi connectivity index (χ4n) is 2.99. The Morgan fingerprint density at radius 1 is 1.50 bits per heavy atom. The zero-order valence-corrected chi connectivity index (χ0v) is 11.9. The van der Waals surface area contributed by atoms with Gasteiger partial charge in [-0.05, 0) is 19.2 Å². The average molecular weight is 276 g/mol. The monoisotopic (exact) mass is 276 g/mol. The maximum atomic E-state index is 12.0. The number of nitrogens with one attached hydrogen (secondary N) is 1. The lowest BCUT2D eigenvalue weighted by molar-refractivity contribution is -0.0362. The quantitative estimate of drug-likeness (QED) is 0.821. The van der Waals surface area contributed by atoms with Gasteiger partial charge in [0.25, 0.3) is 5.91 Å². The standard InChI is InChI=1S/C14H20N4O2/c1-15-14(19)10-4-3-5-16-13(10)18-8-11-12(9-18)20-7-6-17(11)2/h3-5,11-12H,6-9H2,1-2H3,(H,15,19). The molecule has 6 heteroatoms. The molecule has 3 heterocycles. The molecule has 2 aliphatic heterocycles. The third-order valence-corrected chi connectivity index (χ3v) is 4.14. The number of aromatic nitrogens is 1. The smallest absolute Gasteiger partial charge is 0.254 e. The van der Waals surface area contributed by atoms with Crippen LogP contribution in [0.15, 0.2) is 18.3 Å². The molecule has 0 aromatic carbocycles. The van der Waals surface area contributed by atoms with Crippen LogP contribution in [0.4, 0.5) is 5.82 Å². The van der Waals surface area contributed by atoms with Gasteiger partial charge in [-0.3, -0.25) is 9.69 Å². The molecule has 2 saturated heterocycles. The molecule has 0 aliphatic carbocycles. The second-order valence-electron chi connectivity index (χ2n) is 5.32. The minimum atomic E-state index is -0.0998. The van der Waals surface area contributed by atoms with Crippen LogP contribution < -0.4 is 10.2 Å². The fourth-order valence-corrected chi connectivity index (χ4v) is 2.99. The van der Waals surface area contributed by atoms with Crippen molar-refractivity contribution in [3.63, 3.8) is 0 Å². The average Bonchev–Trinajstić information content (AvgIpc) is 2.92. The van der Waals surface area contributed by atoms with Gasteiger partial charge in [0.2, 0.25) is 0 Å². The Bertz CT molecular complexity index is 508. The Morgan fingerprint density at radius 2 is 2.35 bits per heavy atom. The number of hydrogen-bond donors (Lipinski definition) is 1. The van der Waals surface area contributed by atoms with Crippen LogP contribution in [0.1, 0.15) is 10.4 Å². The van der Waals surface area contributed by atoms with Gasteiger partial charge in [0.05, 0.1) is 24.3 Å². The van der Waals surface area contributed by atoms with Crippen LogP contribution in [0.3, 0.4) is 0 Å². The van der Waals surface area contributed by atoms with Crippen molar-refractivity contribution in [1.82, 2.24) is 15.2 Å². The number of anilines is 1. The first-order chi connectivity index (χ1) is 9.70. The molecule has 0 radical (unpaired) electrons. The molecule has 1 aromatic heterocycles. The van der Waals surface area contributed by atoms with Gasteiger partial charge in [0.1, 0.15) is 5.82 Å². The molecule has 0 bridgehead atoms. The molecular weight excluding hydrogens is 256 g/mol. The second-order valence-corrected chi connectivity index (χ2v) is 5.32. The molecule has 6 nitrogen and oxygen atoms in total. The van der Waals surface area contributed by atoms with Gasteiger partial charge in [-0.1, -0.05) is 0 Å². The summed E-state index contributed by atoms with van der Waals surface area (Å²) < 4.78 is 5.84. The number of hydrogen-bond acceptors (Lipinski definition) is 5. The number of rotatable bonds is 2. The Balaban J connectivity index is 1.86. The van der Waals surface area contributed by atoms with Crippen LogP contribution in [0, 0.1) is 0 Å². The van der Waals surface area contributed by atoms with E-state index in [0.717, 1.165) is 32.1 Å². The molecular formula is C14H20N4O2. The summed E-state index contributed by atoms with van der Waals surface area (Å²) in [5, 5.41) is 2.67. The van der Waals surface area contributed by atoms with Crippen molar-refractivity contribution in [3.05, 3.63) is 23.9 Å². The SMILES string of the molecule is CNC(=O)c1cccnc1N1CC2OCCN(C)C2C1. The summed E-state index contributed by atoms with van der Waals surface area (Å²) >= 11 is 0. The van der Waals surface area contributed by atoms with Crippen LogP contribution in [-0.2, 0) is 4.74 Å². The summed E-state index contributed by atoms with van der Waals surface area (Å²) in [5.74, 6) is 0.649. The predicted octanol–water partition coefficient (Wildman–Crippen LogP) is -0.0396. The lowest BCUT2D eigenvalue weighted by Crippen LogP contribution is -2.48. The molecule has 2 fully saturated rings. The molecule has 2 unspecified atom stereocenters. The zero-order chi connectivity index (χ0) is 14.1. The van der Waals surface area contributed by atoms with E-state index in [-0.39, 0.29) is 12.0 Å². The molecule has 0 spiro atoms. The first-order valence-electron chi connectivity index (χ1n) is 6.94. The maximum absolute atomic E-state index is 12.0. The summed E-state index contributed by atoms with van der Waals surface area (Å²) in [6, 6.07) is 3.98. The molecule has 2 atom stereocenters. The van der Waals surface area contributed by atoms with E-state index in [2.05, 4.69) is 27.1 Å². The number of likely N-dealkylation sites (N-methyl/N-ethyl adjacent to an activating group) is 1. The van der Waals surface area contributed by atoms with Crippen LogP contribution in [0.2, 0.25) is 0 Å². The Labute approximate surface area is 118 Å². The number of nitrogens with zero attached hydrogens (tertiary/aromatic N) is 3. The van der Waals surface area contributed by atoms with Crippen molar-refractivity contribution in [2.24, 2.45) is 0 Å². The summed E-state index contributed by atoms with van der Waals surface area (Å²) in [4.78, 5) is 20.8. The van der Waals surface area contributed by atoms with E-state index in [4.69, 9.17) is 4.74 Å². The first-order valence-corrected chi connectivity index (χ1v) is 6.94. The number of amides is 1. The van der Waals surface area contributed by atoms with Crippen molar-refractivity contribution >= 4 is 11.7 Å². The highest BCUT2D eigenvalue weighted by Gasteiger charge is 2.39. The predicted molar refractivity (Wildman–Crippen MR) is 76.0 cm³/mol. The van der Waals surface area contributed by atoms with Crippen molar-refractivity contribution in [2.45, 2.75) is 12.1 Å². The zero-order valence-electron chi connectivity index (χ0n) is 11.9. The summed E-state index contributed by atoms with van der Waals surface area (Å²) in [6.07, 6.45) is 1.93. The topological polar surface area (TPSA) is 57.7 Å². The Kier molecular flexibility index (Phi) is 3.58. The molecule has 3 rings (SSSR count). The first kappa shape index (κ1) is 13.3. The van der Waals surface area contributed by atoms with E-state index >= 15 is 0 Å². The van der Waals surface area contributed by atoms with E-state index < -0.39 is 0 Å². The number of fused-ring (bicyclic) bond motifs is 1. The van der Waals surface area contributed by atoms with Gasteiger partial charge in [-0.15, -0.1) is 0 Å².